The first-order chi connectivity index (χ1) is 15.5. The molecule has 1 saturated heterocycles. The first-order valence-corrected chi connectivity index (χ1v) is 12.0. The van der Waals surface area contributed by atoms with Crippen LogP contribution in [0.5, 0.6) is 0 Å². The Morgan fingerprint density at radius 2 is 2.09 bits per heavy atom. The van der Waals surface area contributed by atoms with Crippen LogP contribution in [0.1, 0.15) is 50.8 Å². The Morgan fingerprint density at radius 3 is 2.88 bits per heavy atom. The molecule has 2 aromatic heterocycles. The number of H-pyrrole nitrogens is 2. The van der Waals surface area contributed by atoms with Crippen LogP contribution >= 0.6 is 0 Å². The fourth-order valence-electron chi connectivity index (χ4n) is 5.28. The van der Waals surface area contributed by atoms with E-state index >= 15 is 0 Å². The molecule has 1 aliphatic heterocycles. The van der Waals surface area contributed by atoms with Crippen molar-refractivity contribution in [3.8, 4) is 11.5 Å². The number of aromatic amines is 2. The second kappa shape index (κ2) is 8.70. The van der Waals surface area contributed by atoms with Gasteiger partial charge in [-0.05, 0) is 62.1 Å². The molecule has 2 N–H and O–H groups in total. The minimum Gasteiger partial charge on any atom is -0.381 e. The third-order valence-corrected chi connectivity index (χ3v) is 7.60. The molecule has 2 aliphatic rings. The van der Waals surface area contributed by atoms with Crippen molar-refractivity contribution in [2.45, 2.75) is 52.4 Å². The van der Waals surface area contributed by atoms with Gasteiger partial charge in [-0.3, -0.25) is 9.89 Å². The topological polar surface area (TPSA) is 86.9 Å². The van der Waals surface area contributed by atoms with Crippen molar-refractivity contribution in [1.82, 2.24) is 20.2 Å². The SMILES string of the molecule is CC[C@@H]1CCc2[nH]nc(-c3nc4ccc(N(C)C(=O)[C@H](C)C5CCOCC5)cc4[nH]3)c2C1. The number of carbonyl (C=O) groups excluding carboxylic acids is 1. The molecule has 1 amide bonds. The van der Waals surface area contributed by atoms with E-state index in [-0.39, 0.29) is 11.8 Å². The smallest absolute Gasteiger partial charge is 0.229 e. The van der Waals surface area contributed by atoms with Crippen molar-refractivity contribution in [2.75, 3.05) is 25.2 Å². The molecule has 3 heterocycles. The first kappa shape index (κ1) is 21.2. The van der Waals surface area contributed by atoms with Crippen LogP contribution in [0.3, 0.4) is 0 Å². The lowest BCUT2D eigenvalue weighted by Gasteiger charge is -2.30. The molecule has 1 fully saturated rings. The van der Waals surface area contributed by atoms with Crippen LogP contribution in [0, 0.1) is 17.8 Å². The molecule has 170 valence electrons. The number of amides is 1. The van der Waals surface area contributed by atoms with Crippen LogP contribution in [0.25, 0.3) is 22.6 Å². The Bertz CT molecular complexity index is 1110. The second-order valence-corrected chi connectivity index (χ2v) is 9.47. The van der Waals surface area contributed by atoms with Gasteiger partial charge in [-0.2, -0.15) is 5.10 Å². The van der Waals surface area contributed by atoms with Crippen LogP contribution in [-0.2, 0) is 22.4 Å². The summed E-state index contributed by atoms with van der Waals surface area (Å²) >= 11 is 0. The van der Waals surface area contributed by atoms with Gasteiger partial charge in [0.25, 0.3) is 0 Å². The zero-order valence-electron chi connectivity index (χ0n) is 19.3. The molecular formula is C25H33N5O2. The van der Waals surface area contributed by atoms with Gasteiger partial charge in [0.2, 0.25) is 5.91 Å². The van der Waals surface area contributed by atoms with Gasteiger partial charge in [-0.15, -0.1) is 0 Å². The van der Waals surface area contributed by atoms with Crippen LogP contribution in [0.15, 0.2) is 18.2 Å². The van der Waals surface area contributed by atoms with Gasteiger partial charge in [-0.25, -0.2) is 4.98 Å². The summed E-state index contributed by atoms with van der Waals surface area (Å²) in [4.78, 5) is 23.2. The third-order valence-electron chi connectivity index (χ3n) is 7.60. The van der Waals surface area contributed by atoms with Crippen LogP contribution in [-0.4, -0.2) is 46.3 Å². The van der Waals surface area contributed by atoms with Gasteiger partial charge in [0.1, 0.15) is 5.69 Å². The van der Waals surface area contributed by atoms with Crippen molar-refractivity contribution < 1.29 is 9.53 Å². The van der Waals surface area contributed by atoms with Crippen molar-refractivity contribution in [2.24, 2.45) is 17.8 Å². The average molecular weight is 436 g/mol. The highest BCUT2D eigenvalue weighted by Gasteiger charge is 2.29. The Morgan fingerprint density at radius 1 is 1.28 bits per heavy atom. The summed E-state index contributed by atoms with van der Waals surface area (Å²) in [6, 6.07) is 5.99. The van der Waals surface area contributed by atoms with E-state index in [0.29, 0.717) is 11.8 Å². The molecule has 7 heteroatoms. The quantitative estimate of drug-likeness (QED) is 0.618. The Hall–Kier alpha value is -2.67. The van der Waals surface area contributed by atoms with E-state index in [2.05, 4.69) is 22.1 Å². The largest absolute Gasteiger partial charge is 0.381 e. The molecule has 0 radical (unpaired) electrons. The van der Waals surface area contributed by atoms with Crippen molar-refractivity contribution in [3.05, 3.63) is 29.5 Å². The van der Waals surface area contributed by atoms with Gasteiger partial charge < -0.3 is 14.6 Å². The van der Waals surface area contributed by atoms with Crippen molar-refractivity contribution >= 4 is 22.6 Å². The number of hydrogen-bond acceptors (Lipinski definition) is 4. The van der Waals surface area contributed by atoms with E-state index in [1.165, 1.54) is 24.1 Å². The summed E-state index contributed by atoms with van der Waals surface area (Å²) in [6.07, 6.45) is 6.44. The van der Waals surface area contributed by atoms with E-state index in [9.17, 15) is 4.79 Å². The predicted octanol–water partition coefficient (Wildman–Crippen LogP) is 4.49. The minimum absolute atomic E-state index is 0.0148. The molecule has 7 nitrogen and oxygen atoms in total. The predicted molar refractivity (Wildman–Crippen MR) is 126 cm³/mol. The highest BCUT2D eigenvalue weighted by molar-refractivity contribution is 5.96. The van der Waals surface area contributed by atoms with Crippen molar-refractivity contribution in [1.29, 1.82) is 0 Å². The number of rotatable bonds is 5. The van der Waals surface area contributed by atoms with Gasteiger partial charge in [0, 0.05) is 43.1 Å². The number of nitrogens with zero attached hydrogens (tertiary/aromatic N) is 3. The molecule has 2 atom stereocenters. The standard InChI is InChI=1S/C25H33N5O2/c1-4-16-5-7-20-19(13-16)23(29-28-20)24-26-21-8-6-18(14-22(21)27-24)30(3)25(31)15(2)17-9-11-32-12-10-17/h6,8,14-17H,4-5,7,9-13H2,1-3H3,(H,26,27)(H,28,29)/t15-,16-/m1/s1. The zero-order valence-corrected chi connectivity index (χ0v) is 19.3. The highest BCUT2D eigenvalue weighted by atomic mass is 16.5. The Labute approximate surface area is 188 Å². The summed E-state index contributed by atoms with van der Waals surface area (Å²) < 4.78 is 5.46. The molecule has 0 spiro atoms. The maximum absolute atomic E-state index is 13.1. The molecular weight excluding hydrogens is 402 g/mol. The lowest BCUT2D eigenvalue weighted by molar-refractivity contribution is -0.124. The molecule has 32 heavy (non-hydrogen) atoms. The summed E-state index contributed by atoms with van der Waals surface area (Å²) in [5.74, 6) is 2.05. The lowest BCUT2D eigenvalue weighted by atomic mass is 9.85. The molecule has 3 aromatic rings. The van der Waals surface area contributed by atoms with Crippen LogP contribution in [0.4, 0.5) is 5.69 Å². The molecule has 1 aromatic carbocycles. The fraction of sp³-hybridized carbons (Fsp3) is 0.560. The molecule has 0 saturated carbocycles. The number of imidazole rings is 1. The number of anilines is 1. The van der Waals surface area contributed by atoms with Crippen molar-refractivity contribution in [3.63, 3.8) is 0 Å². The summed E-state index contributed by atoms with van der Waals surface area (Å²) in [7, 11) is 1.87. The number of fused-ring (bicyclic) bond motifs is 2. The van der Waals surface area contributed by atoms with E-state index in [0.717, 1.165) is 67.1 Å². The van der Waals surface area contributed by atoms with E-state index in [1.54, 1.807) is 4.90 Å². The molecule has 0 bridgehead atoms. The summed E-state index contributed by atoms with van der Waals surface area (Å²) in [5, 5.41) is 7.83. The van der Waals surface area contributed by atoms with Gasteiger partial charge in [-0.1, -0.05) is 20.3 Å². The fourth-order valence-corrected chi connectivity index (χ4v) is 5.28. The normalized spacial score (nSPS) is 20.3. The van der Waals surface area contributed by atoms with E-state index < -0.39 is 0 Å². The van der Waals surface area contributed by atoms with Gasteiger partial charge >= 0.3 is 0 Å². The van der Waals surface area contributed by atoms with Crippen LogP contribution in [0.2, 0.25) is 0 Å². The zero-order chi connectivity index (χ0) is 22.2. The summed E-state index contributed by atoms with van der Waals surface area (Å²) in [5.41, 5.74) is 6.19. The van der Waals surface area contributed by atoms with Gasteiger partial charge in [0.05, 0.1) is 11.0 Å². The minimum atomic E-state index is -0.0148. The van der Waals surface area contributed by atoms with E-state index in [1.807, 2.05) is 32.2 Å². The number of aryl methyl sites for hydroxylation is 1. The molecule has 1 aliphatic carbocycles. The number of hydrogen-bond donors (Lipinski definition) is 2. The number of carbonyl (C=O) groups is 1. The van der Waals surface area contributed by atoms with Gasteiger partial charge in [0.15, 0.2) is 5.82 Å². The summed E-state index contributed by atoms with van der Waals surface area (Å²) in [6.45, 7) is 5.82. The number of aromatic nitrogens is 4. The number of nitrogens with one attached hydrogen (secondary N) is 2. The van der Waals surface area contributed by atoms with Crippen LogP contribution < -0.4 is 4.90 Å². The maximum atomic E-state index is 13.1. The number of benzene rings is 1. The number of ether oxygens (including phenoxy) is 1. The second-order valence-electron chi connectivity index (χ2n) is 9.47. The lowest BCUT2D eigenvalue weighted by Crippen LogP contribution is -2.37. The third kappa shape index (κ3) is 3.83. The Kier molecular flexibility index (Phi) is 5.76. The maximum Gasteiger partial charge on any atom is 0.229 e. The average Bonchev–Trinajstić information content (AvgIpc) is 3.45. The van der Waals surface area contributed by atoms with E-state index in [4.69, 9.17) is 9.72 Å². The monoisotopic (exact) mass is 435 g/mol. The molecule has 5 rings (SSSR count). The first-order valence-electron chi connectivity index (χ1n) is 12.0. The molecule has 0 unspecified atom stereocenters. The highest BCUT2D eigenvalue weighted by Crippen LogP contribution is 2.33. The Balaban J connectivity index is 1.39.